The second kappa shape index (κ2) is 7.56. The zero-order chi connectivity index (χ0) is 15.9. The van der Waals surface area contributed by atoms with Crippen molar-refractivity contribution in [2.75, 3.05) is 11.9 Å². The van der Waals surface area contributed by atoms with Crippen LogP contribution < -0.4 is 10.6 Å². The Morgan fingerprint density at radius 3 is 2.91 bits per heavy atom. The fraction of sp³-hybridized carbons (Fsp3) is 0.286. The van der Waals surface area contributed by atoms with Crippen LogP contribution in [0.3, 0.4) is 0 Å². The van der Waals surface area contributed by atoms with Crippen molar-refractivity contribution in [2.24, 2.45) is 0 Å². The Hall–Kier alpha value is -2.41. The largest absolute Gasteiger partial charge is 0.354 e. The van der Waals surface area contributed by atoms with Crippen LogP contribution in [0.25, 0.3) is 0 Å². The maximum Gasteiger partial charge on any atom is 0.243 e. The molecule has 1 aromatic heterocycles. The van der Waals surface area contributed by atoms with E-state index in [4.69, 9.17) is 11.6 Å². The molecule has 2 N–H and O–H groups in total. The van der Waals surface area contributed by atoms with Gasteiger partial charge in [-0.1, -0.05) is 23.7 Å². The minimum Gasteiger partial charge on any atom is -0.354 e. The fourth-order valence-electron chi connectivity index (χ4n) is 1.83. The number of halogens is 1. The number of carbonyl (C=O) groups excluding carboxylic acids is 2. The minimum absolute atomic E-state index is 0.00483. The number of amides is 2. The van der Waals surface area contributed by atoms with Gasteiger partial charge in [0.25, 0.3) is 0 Å². The third-order valence-corrected chi connectivity index (χ3v) is 2.99. The highest BCUT2D eigenvalue weighted by Crippen LogP contribution is 2.10. The molecule has 0 aliphatic carbocycles. The van der Waals surface area contributed by atoms with E-state index in [-0.39, 0.29) is 18.4 Å². The molecule has 1 aromatic carbocycles. The van der Waals surface area contributed by atoms with Gasteiger partial charge in [-0.25, -0.2) is 0 Å². The molecule has 0 radical (unpaired) electrons. The first kappa shape index (κ1) is 16.0. The predicted molar refractivity (Wildman–Crippen MR) is 82.5 cm³/mol. The molecule has 2 rings (SSSR count). The topological polar surface area (TPSA) is 88.9 Å². The van der Waals surface area contributed by atoms with E-state index in [0.717, 1.165) is 5.56 Å². The molecule has 1 heterocycles. The van der Waals surface area contributed by atoms with Crippen LogP contribution >= 0.6 is 11.6 Å². The Bertz CT molecular complexity index is 671. The van der Waals surface area contributed by atoms with Gasteiger partial charge in [-0.15, -0.1) is 5.10 Å². The zero-order valence-electron chi connectivity index (χ0n) is 12.0. The van der Waals surface area contributed by atoms with Crippen molar-refractivity contribution < 1.29 is 9.59 Å². The molecule has 0 aliphatic heterocycles. The SMILES string of the molecule is CC(=O)Nc1cnn(CC(=O)NCCc2cccc(Cl)c2)n1. The maximum absolute atomic E-state index is 11.8. The van der Waals surface area contributed by atoms with Crippen molar-refractivity contribution in [3.8, 4) is 0 Å². The molecule has 0 saturated carbocycles. The highest BCUT2D eigenvalue weighted by molar-refractivity contribution is 6.30. The zero-order valence-corrected chi connectivity index (χ0v) is 12.8. The molecule has 7 nitrogen and oxygen atoms in total. The standard InChI is InChI=1S/C14H16ClN5O2/c1-10(21)18-13-8-17-20(19-13)9-14(22)16-6-5-11-3-2-4-12(15)7-11/h2-4,7-8H,5-6,9H2,1H3,(H,16,22)(H,18,19,21). The Balaban J connectivity index is 1.76. The van der Waals surface area contributed by atoms with Crippen molar-refractivity contribution in [1.29, 1.82) is 0 Å². The monoisotopic (exact) mass is 321 g/mol. The van der Waals surface area contributed by atoms with Gasteiger partial charge in [0.1, 0.15) is 6.54 Å². The van der Waals surface area contributed by atoms with E-state index in [9.17, 15) is 9.59 Å². The average molecular weight is 322 g/mol. The number of carbonyl (C=O) groups is 2. The van der Waals surface area contributed by atoms with Crippen LogP contribution in [0.4, 0.5) is 5.82 Å². The smallest absolute Gasteiger partial charge is 0.243 e. The summed E-state index contributed by atoms with van der Waals surface area (Å²) in [6.07, 6.45) is 2.08. The summed E-state index contributed by atoms with van der Waals surface area (Å²) >= 11 is 5.89. The maximum atomic E-state index is 11.8. The van der Waals surface area contributed by atoms with Crippen molar-refractivity contribution in [2.45, 2.75) is 19.9 Å². The highest BCUT2D eigenvalue weighted by atomic mass is 35.5. The molecule has 0 atom stereocenters. The molecule has 8 heteroatoms. The van der Waals surface area contributed by atoms with Gasteiger partial charge < -0.3 is 10.6 Å². The number of nitrogens with one attached hydrogen (secondary N) is 2. The van der Waals surface area contributed by atoms with Crippen molar-refractivity contribution in [3.05, 3.63) is 41.0 Å². The summed E-state index contributed by atoms with van der Waals surface area (Å²) in [6, 6.07) is 7.49. The summed E-state index contributed by atoms with van der Waals surface area (Å²) < 4.78 is 0. The molecule has 0 saturated heterocycles. The van der Waals surface area contributed by atoms with Gasteiger partial charge in [-0.05, 0) is 24.1 Å². The molecule has 0 spiro atoms. The molecule has 2 amide bonds. The number of hydrogen-bond acceptors (Lipinski definition) is 4. The van der Waals surface area contributed by atoms with Crippen LogP contribution in [0.2, 0.25) is 5.02 Å². The third kappa shape index (κ3) is 5.17. The Morgan fingerprint density at radius 2 is 2.18 bits per heavy atom. The van der Waals surface area contributed by atoms with E-state index in [1.165, 1.54) is 17.9 Å². The van der Waals surface area contributed by atoms with Gasteiger partial charge in [-0.3, -0.25) is 9.59 Å². The normalized spacial score (nSPS) is 10.3. The first-order valence-corrected chi connectivity index (χ1v) is 7.09. The number of aromatic nitrogens is 3. The van der Waals surface area contributed by atoms with E-state index in [1.54, 1.807) is 6.07 Å². The quantitative estimate of drug-likeness (QED) is 0.838. The average Bonchev–Trinajstić information content (AvgIpc) is 2.85. The fourth-order valence-corrected chi connectivity index (χ4v) is 2.05. The van der Waals surface area contributed by atoms with Crippen LogP contribution in [0, 0.1) is 0 Å². The Kier molecular flexibility index (Phi) is 5.48. The lowest BCUT2D eigenvalue weighted by molar-refractivity contribution is -0.122. The molecule has 116 valence electrons. The van der Waals surface area contributed by atoms with Gasteiger partial charge in [0.15, 0.2) is 5.82 Å². The number of rotatable bonds is 6. The summed E-state index contributed by atoms with van der Waals surface area (Å²) in [6.45, 7) is 1.87. The molecule has 0 bridgehead atoms. The first-order chi connectivity index (χ1) is 10.5. The first-order valence-electron chi connectivity index (χ1n) is 6.72. The summed E-state index contributed by atoms with van der Waals surface area (Å²) in [5, 5.41) is 13.8. The van der Waals surface area contributed by atoms with E-state index in [2.05, 4.69) is 20.8 Å². The summed E-state index contributed by atoms with van der Waals surface area (Å²) in [5.74, 6) is -0.121. The van der Waals surface area contributed by atoms with Crippen molar-refractivity contribution in [3.63, 3.8) is 0 Å². The van der Waals surface area contributed by atoms with Crippen molar-refractivity contribution in [1.82, 2.24) is 20.3 Å². The number of nitrogens with zero attached hydrogens (tertiary/aromatic N) is 3. The van der Waals surface area contributed by atoms with Gasteiger partial charge in [-0.2, -0.15) is 9.90 Å². The van der Waals surface area contributed by atoms with E-state index in [0.29, 0.717) is 23.8 Å². The van der Waals surface area contributed by atoms with Crippen LogP contribution in [-0.2, 0) is 22.6 Å². The van der Waals surface area contributed by atoms with E-state index in [1.807, 2.05) is 18.2 Å². The molecule has 2 aromatic rings. The number of benzene rings is 1. The summed E-state index contributed by atoms with van der Waals surface area (Å²) in [7, 11) is 0. The van der Waals surface area contributed by atoms with Crippen LogP contribution in [-0.4, -0.2) is 33.4 Å². The lowest BCUT2D eigenvalue weighted by atomic mass is 10.1. The Morgan fingerprint density at radius 1 is 1.36 bits per heavy atom. The summed E-state index contributed by atoms with van der Waals surface area (Å²) in [5.41, 5.74) is 1.05. The van der Waals surface area contributed by atoms with Gasteiger partial charge in [0, 0.05) is 18.5 Å². The van der Waals surface area contributed by atoms with Gasteiger partial charge in [0.05, 0.1) is 6.20 Å². The van der Waals surface area contributed by atoms with Crippen LogP contribution in [0.5, 0.6) is 0 Å². The second-order valence-corrected chi connectivity index (χ2v) is 5.11. The van der Waals surface area contributed by atoms with Crippen LogP contribution in [0.15, 0.2) is 30.5 Å². The predicted octanol–water partition coefficient (Wildman–Crippen LogP) is 1.25. The van der Waals surface area contributed by atoms with Crippen LogP contribution in [0.1, 0.15) is 12.5 Å². The second-order valence-electron chi connectivity index (χ2n) is 4.67. The highest BCUT2D eigenvalue weighted by Gasteiger charge is 2.06. The molecule has 22 heavy (non-hydrogen) atoms. The van der Waals surface area contributed by atoms with E-state index < -0.39 is 0 Å². The lowest BCUT2D eigenvalue weighted by Gasteiger charge is -2.05. The molecule has 0 fully saturated rings. The summed E-state index contributed by atoms with van der Waals surface area (Å²) in [4.78, 5) is 23.9. The molecule has 0 aliphatic rings. The number of hydrogen-bond donors (Lipinski definition) is 2. The lowest BCUT2D eigenvalue weighted by Crippen LogP contribution is -2.30. The molecular formula is C14H16ClN5O2. The number of anilines is 1. The van der Waals surface area contributed by atoms with Gasteiger partial charge in [0.2, 0.25) is 11.8 Å². The van der Waals surface area contributed by atoms with Crippen molar-refractivity contribution >= 4 is 29.2 Å². The minimum atomic E-state index is -0.238. The molecular weight excluding hydrogens is 306 g/mol. The van der Waals surface area contributed by atoms with Gasteiger partial charge >= 0.3 is 0 Å². The van der Waals surface area contributed by atoms with E-state index >= 15 is 0 Å². The third-order valence-electron chi connectivity index (χ3n) is 2.75. The Labute approximate surface area is 132 Å². The molecule has 0 unspecified atom stereocenters.